The highest BCUT2D eigenvalue weighted by atomic mass is 35.5. The van der Waals surface area contributed by atoms with Crippen molar-refractivity contribution in [1.29, 1.82) is 5.26 Å². The van der Waals surface area contributed by atoms with Crippen molar-refractivity contribution < 1.29 is 4.79 Å². The van der Waals surface area contributed by atoms with Gasteiger partial charge in [-0.3, -0.25) is 4.79 Å². The maximum absolute atomic E-state index is 12.4. The lowest BCUT2D eigenvalue weighted by molar-refractivity contribution is 0.104. The average molecular weight is 400 g/mol. The Morgan fingerprint density at radius 3 is 2.62 bits per heavy atom. The molecule has 7 heteroatoms. The van der Waals surface area contributed by atoms with E-state index in [0.29, 0.717) is 28.1 Å². The van der Waals surface area contributed by atoms with E-state index >= 15 is 0 Å². The molecule has 0 radical (unpaired) electrons. The van der Waals surface area contributed by atoms with Gasteiger partial charge in [0.1, 0.15) is 5.15 Å². The maximum atomic E-state index is 12.4. The van der Waals surface area contributed by atoms with Gasteiger partial charge in [0.05, 0.1) is 27.2 Å². The van der Waals surface area contributed by atoms with Crippen molar-refractivity contribution in [2.24, 2.45) is 0 Å². The quantitative estimate of drug-likeness (QED) is 0.363. The van der Waals surface area contributed by atoms with Gasteiger partial charge in [-0.2, -0.15) is 5.26 Å². The third-order valence-electron chi connectivity index (χ3n) is 3.25. The zero-order valence-corrected chi connectivity index (χ0v) is 15.4. The molecular weight excluding hydrogens is 390 g/mol. The summed E-state index contributed by atoms with van der Waals surface area (Å²) in [5.74, 6) is -0.414. The summed E-state index contributed by atoms with van der Waals surface area (Å²) < 4.78 is 0. The third-order valence-corrected chi connectivity index (χ3v) is 4.66. The molecule has 0 aliphatic rings. The van der Waals surface area contributed by atoms with Crippen LogP contribution in [-0.4, -0.2) is 10.8 Å². The van der Waals surface area contributed by atoms with E-state index in [1.807, 2.05) is 0 Å². The number of carbonyl (C=O) groups is 1. The van der Waals surface area contributed by atoms with Gasteiger partial charge in [0.15, 0.2) is 5.78 Å². The van der Waals surface area contributed by atoms with Gasteiger partial charge in [0.2, 0.25) is 0 Å². The Morgan fingerprint density at radius 2 is 1.96 bits per heavy atom. The first-order valence-corrected chi connectivity index (χ1v) is 8.24. The fraction of sp³-hybridized carbons (Fsp3) is 0.118. The molecular formula is C17H10Cl4N2O. The van der Waals surface area contributed by atoms with E-state index < -0.39 is 5.78 Å². The van der Waals surface area contributed by atoms with E-state index in [1.54, 1.807) is 25.1 Å². The molecule has 2 aromatic rings. The van der Waals surface area contributed by atoms with Crippen LogP contribution in [0.4, 0.5) is 0 Å². The van der Waals surface area contributed by atoms with Gasteiger partial charge in [-0.05, 0) is 37.1 Å². The molecule has 122 valence electrons. The number of ketones is 1. The molecule has 24 heavy (non-hydrogen) atoms. The van der Waals surface area contributed by atoms with Gasteiger partial charge in [-0.1, -0.05) is 58.0 Å². The Hall–Kier alpha value is -1.57. The highest BCUT2D eigenvalue weighted by Crippen LogP contribution is 2.30. The number of benzene rings is 1. The lowest BCUT2D eigenvalue weighted by atomic mass is 9.99. The zero-order chi connectivity index (χ0) is 17.9. The Morgan fingerprint density at radius 1 is 1.25 bits per heavy atom. The summed E-state index contributed by atoms with van der Waals surface area (Å²) in [4.78, 5) is 16.3. The molecule has 0 amide bonds. The molecule has 1 aromatic heterocycles. The molecule has 0 bridgehead atoms. The molecule has 0 fully saturated rings. The molecule has 0 saturated heterocycles. The highest BCUT2D eigenvalue weighted by molar-refractivity contribution is 6.46. The van der Waals surface area contributed by atoms with Gasteiger partial charge in [-0.15, -0.1) is 0 Å². The minimum atomic E-state index is -0.414. The number of nitriles is 1. The Bertz CT molecular complexity index is 885. The topological polar surface area (TPSA) is 53.8 Å². The number of hydrogen-bond acceptors (Lipinski definition) is 3. The summed E-state index contributed by atoms with van der Waals surface area (Å²) in [6.07, 6.45) is 3.01. The van der Waals surface area contributed by atoms with Gasteiger partial charge in [0, 0.05) is 11.2 Å². The molecule has 1 aromatic carbocycles. The number of pyridine rings is 1. The SMILES string of the molecule is C/C(=C\C(=O)c1c(Cl)ncc(Cl)c1Cl)Cc1c(Cl)cccc1C#N. The van der Waals surface area contributed by atoms with Crippen LogP contribution in [0.5, 0.6) is 0 Å². The number of allylic oxidation sites excluding steroid dienone is 2. The Balaban J connectivity index is 2.35. The van der Waals surface area contributed by atoms with Gasteiger partial charge < -0.3 is 0 Å². The van der Waals surface area contributed by atoms with Gasteiger partial charge in [-0.25, -0.2) is 4.98 Å². The number of hydrogen-bond donors (Lipinski definition) is 0. The van der Waals surface area contributed by atoms with Crippen LogP contribution < -0.4 is 0 Å². The Kier molecular flexibility index (Phi) is 6.26. The van der Waals surface area contributed by atoms with Crippen LogP contribution >= 0.6 is 46.4 Å². The lowest BCUT2D eigenvalue weighted by Crippen LogP contribution is -2.02. The van der Waals surface area contributed by atoms with Crippen molar-refractivity contribution in [2.75, 3.05) is 0 Å². The fourth-order valence-electron chi connectivity index (χ4n) is 2.12. The van der Waals surface area contributed by atoms with E-state index in [1.165, 1.54) is 12.3 Å². The number of halogens is 4. The van der Waals surface area contributed by atoms with Crippen LogP contribution in [0.3, 0.4) is 0 Å². The highest BCUT2D eigenvalue weighted by Gasteiger charge is 2.17. The van der Waals surface area contributed by atoms with E-state index in [9.17, 15) is 4.79 Å². The van der Waals surface area contributed by atoms with Crippen molar-refractivity contribution in [3.05, 3.63) is 73.0 Å². The summed E-state index contributed by atoms with van der Waals surface area (Å²) in [6.45, 7) is 1.75. The first kappa shape index (κ1) is 18.8. The lowest BCUT2D eigenvalue weighted by Gasteiger charge is -2.08. The third kappa shape index (κ3) is 4.09. The molecule has 1 heterocycles. The second-order valence-electron chi connectivity index (χ2n) is 5.00. The van der Waals surface area contributed by atoms with Gasteiger partial charge in [0.25, 0.3) is 0 Å². The second-order valence-corrected chi connectivity index (χ2v) is 6.55. The molecule has 0 saturated carbocycles. The summed E-state index contributed by atoms with van der Waals surface area (Å²) in [5, 5.41) is 9.82. The molecule has 0 atom stereocenters. The zero-order valence-electron chi connectivity index (χ0n) is 12.4. The number of carbonyl (C=O) groups excluding carboxylic acids is 1. The van der Waals surface area contributed by atoms with Crippen molar-refractivity contribution in [3.63, 3.8) is 0 Å². The number of nitrogens with zero attached hydrogens (tertiary/aromatic N) is 2. The smallest absolute Gasteiger partial charge is 0.190 e. The number of aromatic nitrogens is 1. The molecule has 2 rings (SSSR count). The summed E-state index contributed by atoms with van der Waals surface area (Å²) in [7, 11) is 0. The summed E-state index contributed by atoms with van der Waals surface area (Å²) in [6, 6.07) is 7.15. The minimum absolute atomic E-state index is 0.0195. The summed E-state index contributed by atoms with van der Waals surface area (Å²) >= 11 is 24.0. The first-order chi connectivity index (χ1) is 11.3. The first-order valence-electron chi connectivity index (χ1n) is 6.73. The Labute approximate surface area is 159 Å². The molecule has 0 aliphatic carbocycles. The molecule has 0 N–H and O–H groups in total. The van der Waals surface area contributed by atoms with Crippen molar-refractivity contribution >= 4 is 52.2 Å². The predicted octanol–water partition coefficient (Wildman–Crippen LogP) is 5.94. The van der Waals surface area contributed by atoms with E-state index in [-0.39, 0.29) is 20.8 Å². The van der Waals surface area contributed by atoms with E-state index in [0.717, 1.165) is 0 Å². The minimum Gasteiger partial charge on any atom is -0.289 e. The second kappa shape index (κ2) is 8.00. The largest absolute Gasteiger partial charge is 0.289 e. The van der Waals surface area contributed by atoms with Crippen LogP contribution in [0.25, 0.3) is 0 Å². The van der Waals surface area contributed by atoms with Crippen LogP contribution in [0.1, 0.15) is 28.4 Å². The van der Waals surface area contributed by atoms with Crippen LogP contribution in [0.2, 0.25) is 20.2 Å². The standard InChI is InChI=1S/C17H10Cl4N2O/c1-9(5-11-10(7-22)3-2-4-12(11)18)6-14(24)15-16(20)13(19)8-23-17(15)21/h2-4,6,8H,5H2,1H3/b9-6+. The van der Waals surface area contributed by atoms with Crippen molar-refractivity contribution in [2.45, 2.75) is 13.3 Å². The van der Waals surface area contributed by atoms with Gasteiger partial charge >= 0.3 is 0 Å². The molecule has 0 spiro atoms. The van der Waals surface area contributed by atoms with Crippen LogP contribution in [0.15, 0.2) is 36.0 Å². The van der Waals surface area contributed by atoms with Crippen molar-refractivity contribution in [3.8, 4) is 6.07 Å². The maximum Gasteiger partial charge on any atom is 0.190 e. The predicted molar refractivity (Wildman–Crippen MR) is 97.2 cm³/mol. The monoisotopic (exact) mass is 398 g/mol. The van der Waals surface area contributed by atoms with Crippen LogP contribution in [-0.2, 0) is 6.42 Å². The number of rotatable bonds is 4. The van der Waals surface area contributed by atoms with E-state index in [2.05, 4.69) is 11.1 Å². The normalized spacial score (nSPS) is 11.2. The molecule has 3 nitrogen and oxygen atoms in total. The molecule has 0 aliphatic heterocycles. The average Bonchev–Trinajstić information content (AvgIpc) is 2.53. The van der Waals surface area contributed by atoms with Crippen molar-refractivity contribution in [1.82, 2.24) is 4.98 Å². The fourth-order valence-corrected chi connectivity index (χ4v) is 3.02. The van der Waals surface area contributed by atoms with Crippen LogP contribution in [0, 0.1) is 11.3 Å². The summed E-state index contributed by atoms with van der Waals surface area (Å²) in [5.41, 5.74) is 1.86. The molecule has 0 unspecified atom stereocenters. The van der Waals surface area contributed by atoms with E-state index in [4.69, 9.17) is 51.7 Å².